The zero-order valence-electron chi connectivity index (χ0n) is 9.15. The minimum atomic E-state index is -3.07. The normalized spacial score (nSPS) is 23.1. The first-order valence-corrected chi connectivity index (χ1v) is 7.04. The molecular formula is C9H20N2O3S. The Morgan fingerprint density at radius 1 is 1.53 bits per heavy atom. The van der Waals surface area contributed by atoms with Gasteiger partial charge in [-0.2, -0.15) is 4.31 Å². The van der Waals surface area contributed by atoms with Gasteiger partial charge >= 0.3 is 0 Å². The molecule has 0 amide bonds. The van der Waals surface area contributed by atoms with Crippen LogP contribution in [0.5, 0.6) is 0 Å². The van der Waals surface area contributed by atoms with Crippen LogP contribution in [-0.4, -0.2) is 55.9 Å². The Bertz CT molecular complexity index is 279. The summed E-state index contributed by atoms with van der Waals surface area (Å²) < 4.78 is 24.2. The Balaban J connectivity index is 2.28. The number of nitrogens with zero attached hydrogens (tertiary/aromatic N) is 1. The van der Waals surface area contributed by atoms with Crippen molar-refractivity contribution in [3.8, 4) is 0 Å². The molecule has 1 heterocycles. The summed E-state index contributed by atoms with van der Waals surface area (Å²) in [4.78, 5) is 0. The first-order chi connectivity index (χ1) is 7.06. The lowest BCUT2D eigenvalue weighted by molar-refractivity contribution is 0.146. The minimum absolute atomic E-state index is 0.221. The van der Waals surface area contributed by atoms with Gasteiger partial charge in [0.25, 0.3) is 0 Å². The van der Waals surface area contributed by atoms with Crippen molar-refractivity contribution in [3.63, 3.8) is 0 Å². The van der Waals surface area contributed by atoms with Crippen molar-refractivity contribution in [2.75, 3.05) is 31.9 Å². The molecule has 0 aromatic rings. The van der Waals surface area contributed by atoms with Gasteiger partial charge in [0.05, 0.1) is 11.9 Å². The fourth-order valence-corrected chi connectivity index (χ4v) is 3.20. The summed E-state index contributed by atoms with van der Waals surface area (Å²) in [7, 11) is -3.07. The number of β-amino-alcohol motifs (C(OH)–C–C–N with tert-alkyl or cyclic N) is 1. The summed E-state index contributed by atoms with van der Waals surface area (Å²) in [5.74, 6) is 0.224. The summed E-state index contributed by atoms with van der Waals surface area (Å²) in [5.41, 5.74) is 0. The van der Waals surface area contributed by atoms with E-state index in [2.05, 4.69) is 5.32 Å². The van der Waals surface area contributed by atoms with Crippen molar-refractivity contribution in [1.29, 1.82) is 0 Å². The average molecular weight is 236 g/mol. The molecule has 0 aromatic heterocycles. The van der Waals surface area contributed by atoms with E-state index in [0.717, 1.165) is 13.0 Å². The summed E-state index contributed by atoms with van der Waals surface area (Å²) in [6.07, 6.45) is 1.08. The SMILES string of the molecule is CCCNCC(O)CN1CCCS1(=O)=O. The highest BCUT2D eigenvalue weighted by molar-refractivity contribution is 7.89. The van der Waals surface area contributed by atoms with Gasteiger partial charge < -0.3 is 10.4 Å². The molecule has 0 saturated carbocycles. The topological polar surface area (TPSA) is 69.6 Å². The molecule has 1 rings (SSSR count). The second-order valence-electron chi connectivity index (χ2n) is 3.89. The first kappa shape index (κ1) is 12.9. The van der Waals surface area contributed by atoms with Gasteiger partial charge in [0.2, 0.25) is 10.0 Å². The lowest BCUT2D eigenvalue weighted by Crippen LogP contribution is -2.39. The maximum absolute atomic E-state index is 11.4. The molecule has 1 aliphatic heterocycles. The van der Waals surface area contributed by atoms with Crippen LogP contribution in [0.1, 0.15) is 19.8 Å². The summed E-state index contributed by atoms with van der Waals surface area (Å²) in [5, 5.41) is 12.7. The molecule has 1 atom stereocenters. The van der Waals surface area contributed by atoms with E-state index in [0.29, 0.717) is 19.5 Å². The van der Waals surface area contributed by atoms with Gasteiger partial charge in [-0.15, -0.1) is 0 Å². The van der Waals surface area contributed by atoms with Gasteiger partial charge in [0, 0.05) is 19.6 Å². The maximum Gasteiger partial charge on any atom is 0.214 e. The predicted molar refractivity (Wildman–Crippen MR) is 59.1 cm³/mol. The van der Waals surface area contributed by atoms with E-state index in [1.165, 1.54) is 4.31 Å². The van der Waals surface area contributed by atoms with E-state index in [9.17, 15) is 13.5 Å². The molecule has 1 aliphatic rings. The number of nitrogens with one attached hydrogen (secondary N) is 1. The standard InChI is InChI=1S/C9H20N2O3S/c1-2-4-10-7-9(12)8-11-5-3-6-15(11,13)14/h9-10,12H,2-8H2,1H3. The van der Waals surface area contributed by atoms with Crippen LogP contribution in [0.25, 0.3) is 0 Å². The average Bonchev–Trinajstić information content (AvgIpc) is 2.46. The van der Waals surface area contributed by atoms with Gasteiger partial charge in [-0.05, 0) is 19.4 Å². The Morgan fingerprint density at radius 3 is 2.80 bits per heavy atom. The Hall–Kier alpha value is -0.170. The van der Waals surface area contributed by atoms with Crippen LogP contribution in [0.3, 0.4) is 0 Å². The van der Waals surface area contributed by atoms with E-state index in [1.807, 2.05) is 6.92 Å². The molecule has 0 aromatic carbocycles. The summed E-state index contributed by atoms with van der Waals surface area (Å²) >= 11 is 0. The predicted octanol–water partition coefficient (Wildman–Crippen LogP) is -0.618. The van der Waals surface area contributed by atoms with Crippen LogP contribution < -0.4 is 5.32 Å². The van der Waals surface area contributed by atoms with Crippen molar-refractivity contribution in [2.45, 2.75) is 25.9 Å². The molecule has 5 nitrogen and oxygen atoms in total. The second-order valence-corrected chi connectivity index (χ2v) is 5.97. The number of sulfonamides is 1. The Morgan fingerprint density at radius 2 is 2.27 bits per heavy atom. The maximum atomic E-state index is 11.4. The van der Waals surface area contributed by atoms with Gasteiger partial charge in [0.15, 0.2) is 0 Å². The lowest BCUT2D eigenvalue weighted by atomic mass is 10.3. The van der Waals surface area contributed by atoms with Crippen LogP contribution in [0.4, 0.5) is 0 Å². The van der Waals surface area contributed by atoms with Crippen LogP contribution in [-0.2, 0) is 10.0 Å². The van der Waals surface area contributed by atoms with Gasteiger partial charge in [0.1, 0.15) is 0 Å². The fraction of sp³-hybridized carbons (Fsp3) is 1.00. The van der Waals surface area contributed by atoms with Crippen LogP contribution in [0.2, 0.25) is 0 Å². The number of aliphatic hydroxyl groups excluding tert-OH is 1. The molecule has 0 aliphatic carbocycles. The molecule has 1 unspecified atom stereocenters. The lowest BCUT2D eigenvalue weighted by Gasteiger charge is -2.18. The molecule has 2 N–H and O–H groups in total. The third kappa shape index (κ3) is 4.06. The summed E-state index contributed by atoms with van der Waals surface area (Å²) in [6.45, 7) is 4.13. The molecular weight excluding hydrogens is 216 g/mol. The van der Waals surface area contributed by atoms with Gasteiger partial charge in [-0.3, -0.25) is 0 Å². The zero-order valence-corrected chi connectivity index (χ0v) is 9.96. The minimum Gasteiger partial charge on any atom is -0.390 e. The van der Waals surface area contributed by atoms with Crippen LogP contribution in [0.15, 0.2) is 0 Å². The molecule has 0 spiro atoms. The molecule has 0 radical (unpaired) electrons. The molecule has 6 heteroatoms. The quantitative estimate of drug-likeness (QED) is 0.603. The van der Waals surface area contributed by atoms with E-state index in [1.54, 1.807) is 0 Å². The zero-order chi connectivity index (χ0) is 11.3. The van der Waals surface area contributed by atoms with Gasteiger partial charge in [-0.25, -0.2) is 8.42 Å². The van der Waals surface area contributed by atoms with Crippen molar-refractivity contribution >= 4 is 10.0 Å². The van der Waals surface area contributed by atoms with Crippen molar-refractivity contribution in [2.24, 2.45) is 0 Å². The fourth-order valence-electron chi connectivity index (χ4n) is 1.64. The van der Waals surface area contributed by atoms with Crippen molar-refractivity contribution in [3.05, 3.63) is 0 Å². The molecule has 15 heavy (non-hydrogen) atoms. The third-order valence-corrected chi connectivity index (χ3v) is 4.35. The second kappa shape index (κ2) is 5.79. The Kier molecular flexibility index (Phi) is 4.98. The van der Waals surface area contributed by atoms with E-state index in [4.69, 9.17) is 0 Å². The highest BCUT2D eigenvalue weighted by Gasteiger charge is 2.29. The van der Waals surface area contributed by atoms with Crippen LogP contribution in [0, 0.1) is 0 Å². The van der Waals surface area contributed by atoms with Crippen molar-refractivity contribution < 1.29 is 13.5 Å². The first-order valence-electron chi connectivity index (χ1n) is 5.43. The molecule has 1 fully saturated rings. The number of rotatable bonds is 6. The number of aliphatic hydroxyl groups is 1. The highest BCUT2D eigenvalue weighted by Crippen LogP contribution is 2.13. The van der Waals surface area contributed by atoms with E-state index >= 15 is 0 Å². The van der Waals surface area contributed by atoms with Crippen molar-refractivity contribution in [1.82, 2.24) is 9.62 Å². The monoisotopic (exact) mass is 236 g/mol. The molecule has 90 valence electrons. The molecule has 1 saturated heterocycles. The largest absolute Gasteiger partial charge is 0.390 e. The van der Waals surface area contributed by atoms with E-state index < -0.39 is 16.1 Å². The summed E-state index contributed by atoms with van der Waals surface area (Å²) in [6, 6.07) is 0. The third-order valence-electron chi connectivity index (χ3n) is 2.42. The highest BCUT2D eigenvalue weighted by atomic mass is 32.2. The number of hydrogen-bond donors (Lipinski definition) is 2. The van der Waals surface area contributed by atoms with E-state index in [-0.39, 0.29) is 12.3 Å². The van der Waals surface area contributed by atoms with Gasteiger partial charge in [-0.1, -0.05) is 6.92 Å². The van der Waals surface area contributed by atoms with Crippen LogP contribution >= 0.6 is 0 Å². The smallest absolute Gasteiger partial charge is 0.214 e. The Labute approximate surface area is 91.5 Å². The number of hydrogen-bond acceptors (Lipinski definition) is 4. The molecule has 0 bridgehead atoms.